The molecule has 0 spiro atoms. The summed E-state index contributed by atoms with van der Waals surface area (Å²) in [6.45, 7) is 3.19. The van der Waals surface area contributed by atoms with Crippen LogP contribution < -0.4 is 5.73 Å². The Morgan fingerprint density at radius 3 is 2.63 bits per heavy atom. The first-order chi connectivity index (χ1) is 8.79. The molecule has 1 aromatic carbocycles. The predicted molar refractivity (Wildman–Crippen MR) is 70.2 cm³/mol. The molecule has 1 aromatic rings. The number of ether oxygens (including phenoxy) is 1. The molecule has 0 saturated heterocycles. The molecular formula is C13H14N2O4. The highest BCUT2D eigenvalue weighted by molar-refractivity contribution is 5.80. The molecule has 0 radical (unpaired) electrons. The summed E-state index contributed by atoms with van der Waals surface area (Å²) < 4.78 is 4.61. The number of anilines is 1. The van der Waals surface area contributed by atoms with Crippen LogP contribution in [0.15, 0.2) is 18.2 Å². The number of methoxy groups -OCH3 is 1. The average Bonchev–Trinajstić information content (AvgIpc) is 2.36. The number of benzene rings is 1. The molecule has 0 fully saturated rings. The number of nitro benzene ring substituents is 1. The van der Waals surface area contributed by atoms with Gasteiger partial charge in [0.2, 0.25) is 0 Å². The standard InChI is InChI=1S/C13H14N2O4/c1-13(2,12(16)19-3)8-7-9-5-4-6-10(11(9)14)15(17)18/h4-6H,14H2,1-3H3. The summed E-state index contributed by atoms with van der Waals surface area (Å²) in [5, 5.41) is 10.7. The van der Waals surface area contributed by atoms with Crippen LogP contribution in [0.3, 0.4) is 0 Å². The molecular weight excluding hydrogens is 248 g/mol. The number of esters is 1. The number of para-hydroxylation sites is 1. The highest BCUT2D eigenvalue weighted by Crippen LogP contribution is 2.24. The number of nitro groups is 1. The van der Waals surface area contributed by atoms with E-state index < -0.39 is 16.3 Å². The number of hydrogen-bond donors (Lipinski definition) is 1. The molecule has 19 heavy (non-hydrogen) atoms. The minimum Gasteiger partial charge on any atom is -0.468 e. The van der Waals surface area contributed by atoms with E-state index in [4.69, 9.17) is 5.73 Å². The summed E-state index contributed by atoms with van der Waals surface area (Å²) in [5.74, 6) is 4.91. The summed E-state index contributed by atoms with van der Waals surface area (Å²) in [4.78, 5) is 21.6. The fourth-order valence-corrected chi connectivity index (χ4v) is 1.35. The van der Waals surface area contributed by atoms with Gasteiger partial charge in [-0.3, -0.25) is 14.9 Å². The highest BCUT2D eigenvalue weighted by Gasteiger charge is 2.26. The smallest absolute Gasteiger partial charge is 0.323 e. The van der Waals surface area contributed by atoms with Gasteiger partial charge in [-0.25, -0.2) is 0 Å². The lowest BCUT2D eigenvalue weighted by atomic mass is 9.94. The van der Waals surface area contributed by atoms with Crippen molar-refractivity contribution in [3.63, 3.8) is 0 Å². The molecule has 0 heterocycles. The Morgan fingerprint density at radius 1 is 1.47 bits per heavy atom. The minimum absolute atomic E-state index is 0.0133. The molecule has 2 N–H and O–H groups in total. The van der Waals surface area contributed by atoms with Crippen molar-refractivity contribution in [1.82, 2.24) is 0 Å². The van der Waals surface area contributed by atoms with Gasteiger partial charge in [0, 0.05) is 6.07 Å². The van der Waals surface area contributed by atoms with Gasteiger partial charge in [0.15, 0.2) is 0 Å². The van der Waals surface area contributed by atoms with Crippen molar-refractivity contribution >= 4 is 17.3 Å². The van der Waals surface area contributed by atoms with Gasteiger partial charge in [0.25, 0.3) is 5.69 Å². The Balaban J connectivity index is 3.19. The first-order valence-corrected chi connectivity index (χ1v) is 5.44. The summed E-state index contributed by atoms with van der Waals surface area (Å²) in [5.41, 5.74) is 4.75. The van der Waals surface area contributed by atoms with Gasteiger partial charge in [-0.1, -0.05) is 17.9 Å². The maximum Gasteiger partial charge on any atom is 0.323 e. The third-order valence-electron chi connectivity index (χ3n) is 2.49. The normalized spacial score (nSPS) is 10.3. The fourth-order valence-electron chi connectivity index (χ4n) is 1.35. The number of carbonyl (C=O) groups excluding carboxylic acids is 1. The monoisotopic (exact) mass is 262 g/mol. The molecule has 0 aliphatic carbocycles. The first kappa shape index (κ1) is 14.5. The lowest BCUT2D eigenvalue weighted by molar-refractivity contribution is -0.383. The molecule has 0 amide bonds. The second-order valence-electron chi connectivity index (χ2n) is 4.36. The number of rotatable bonds is 2. The van der Waals surface area contributed by atoms with Gasteiger partial charge in [0.1, 0.15) is 11.1 Å². The lowest BCUT2D eigenvalue weighted by Gasteiger charge is -2.13. The molecule has 0 saturated carbocycles. The van der Waals surface area contributed by atoms with Crippen molar-refractivity contribution in [2.45, 2.75) is 13.8 Å². The van der Waals surface area contributed by atoms with Gasteiger partial charge < -0.3 is 10.5 Å². The van der Waals surface area contributed by atoms with Crippen LogP contribution in [0.5, 0.6) is 0 Å². The van der Waals surface area contributed by atoms with Crippen molar-refractivity contribution in [3.05, 3.63) is 33.9 Å². The Labute approximate surface area is 110 Å². The van der Waals surface area contributed by atoms with E-state index >= 15 is 0 Å². The maximum absolute atomic E-state index is 11.5. The van der Waals surface area contributed by atoms with E-state index in [1.807, 2.05) is 0 Å². The molecule has 0 bridgehead atoms. The minimum atomic E-state index is -1.01. The molecule has 0 unspecified atom stereocenters. The van der Waals surface area contributed by atoms with Crippen molar-refractivity contribution in [2.24, 2.45) is 5.41 Å². The van der Waals surface area contributed by atoms with Crippen molar-refractivity contribution < 1.29 is 14.5 Å². The van der Waals surface area contributed by atoms with E-state index in [9.17, 15) is 14.9 Å². The van der Waals surface area contributed by atoms with Gasteiger partial charge in [-0.15, -0.1) is 0 Å². The van der Waals surface area contributed by atoms with Crippen LogP contribution in [0, 0.1) is 27.4 Å². The Bertz CT molecular complexity index is 582. The van der Waals surface area contributed by atoms with Crippen molar-refractivity contribution in [3.8, 4) is 11.8 Å². The zero-order valence-electron chi connectivity index (χ0n) is 10.9. The highest BCUT2D eigenvalue weighted by atomic mass is 16.6. The van der Waals surface area contributed by atoms with Crippen molar-refractivity contribution in [1.29, 1.82) is 0 Å². The third-order valence-corrected chi connectivity index (χ3v) is 2.49. The third kappa shape index (κ3) is 3.22. The Kier molecular flexibility index (Phi) is 4.12. The van der Waals surface area contributed by atoms with Crippen LogP contribution in [0.25, 0.3) is 0 Å². The average molecular weight is 262 g/mol. The van der Waals surface area contributed by atoms with E-state index in [1.165, 1.54) is 19.2 Å². The number of hydrogen-bond acceptors (Lipinski definition) is 5. The van der Waals surface area contributed by atoms with E-state index in [0.717, 1.165) is 0 Å². The van der Waals surface area contributed by atoms with E-state index in [-0.39, 0.29) is 11.4 Å². The van der Waals surface area contributed by atoms with Crippen LogP contribution in [0.4, 0.5) is 11.4 Å². The largest absolute Gasteiger partial charge is 0.468 e. The molecule has 100 valence electrons. The number of nitrogen functional groups attached to an aromatic ring is 1. The van der Waals surface area contributed by atoms with Gasteiger partial charge in [-0.05, 0) is 19.9 Å². The summed E-state index contributed by atoms with van der Waals surface area (Å²) in [7, 11) is 1.27. The van der Waals surface area contributed by atoms with Crippen LogP contribution in [0.2, 0.25) is 0 Å². The lowest BCUT2D eigenvalue weighted by Crippen LogP contribution is -2.23. The van der Waals surface area contributed by atoms with Crippen LogP contribution in [-0.2, 0) is 9.53 Å². The maximum atomic E-state index is 11.5. The summed E-state index contributed by atoms with van der Waals surface area (Å²) in [6, 6.07) is 4.35. The summed E-state index contributed by atoms with van der Waals surface area (Å²) >= 11 is 0. The van der Waals surface area contributed by atoms with E-state index in [1.54, 1.807) is 19.9 Å². The number of carbonyl (C=O) groups is 1. The zero-order chi connectivity index (χ0) is 14.6. The quantitative estimate of drug-likeness (QED) is 0.288. The first-order valence-electron chi connectivity index (χ1n) is 5.44. The van der Waals surface area contributed by atoms with Gasteiger partial charge >= 0.3 is 5.97 Å². The van der Waals surface area contributed by atoms with Crippen LogP contribution >= 0.6 is 0 Å². The van der Waals surface area contributed by atoms with Gasteiger partial charge in [-0.2, -0.15) is 0 Å². The molecule has 0 atom stereocenters. The molecule has 0 aliphatic rings. The molecule has 0 aromatic heterocycles. The topological polar surface area (TPSA) is 95.5 Å². The predicted octanol–water partition coefficient (Wildman–Crippen LogP) is 1.73. The van der Waals surface area contributed by atoms with Crippen LogP contribution in [0.1, 0.15) is 19.4 Å². The Hall–Kier alpha value is -2.55. The van der Waals surface area contributed by atoms with Crippen molar-refractivity contribution in [2.75, 3.05) is 12.8 Å². The summed E-state index contributed by atoms with van der Waals surface area (Å²) in [6.07, 6.45) is 0. The van der Waals surface area contributed by atoms with Gasteiger partial charge in [0.05, 0.1) is 17.6 Å². The molecule has 6 nitrogen and oxygen atoms in total. The number of nitrogens with zero attached hydrogens (tertiary/aromatic N) is 1. The second kappa shape index (κ2) is 5.40. The SMILES string of the molecule is COC(=O)C(C)(C)C#Cc1cccc([N+](=O)[O-])c1N. The van der Waals surface area contributed by atoms with Crippen LogP contribution in [-0.4, -0.2) is 18.0 Å². The molecule has 6 heteroatoms. The van der Waals surface area contributed by atoms with E-state index in [2.05, 4.69) is 16.6 Å². The van der Waals surface area contributed by atoms with E-state index in [0.29, 0.717) is 5.56 Å². The molecule has 0 aliphatic heterocycles. The zero-order valence-corrected chi connectivity index (χ0v) is 10.9. The Morgan fingerprint density at radius 2 is 2.11 bits per heavy atom. The second-order valence-corrected chi connectivity index (χ2v) is 4.36. The molecule has 1 rings (SSSR count). The fraction of sp³-hybridized carbons (Fsp3) is 0.308. The number of nitrogens with two attached hydrogens (primary N) is 1.